The fourth-order valence-electron chi connectivity index (χ4n) is 2.26. The number of hydrogen-bond acceptors (Lipinski definition) is 4. The zero-order chi connectivity index (χ0) is 14.9. The summed E-state index contributed by atoms with van der Waals surface area (Å²) in [6, 6.07) is 4.87. The van der Waals surface area contributed by atoms with E-state index >= 15 is 0 Å². The van der Waals surface area contributed by atoms with Crippen LogP contribution in [0.1, 0.15) is 24.2 Å². The van der Waals surface area contributed by atoms with Gasteiger partial charge in [-0.05, 0) is 32.0 Å². The van der Waals surface area contributed by atoms with Crippen molar-refractivity contribution in [2.24, 2.45) is 0 Å². The Kier molecular flexibility index (Phi) is 3.57. The van der Waals surface area contributed by atoms with E-state index in [4.69, 9.17) is 10.5 Å². The standard InChI is InChI=1S/C14H19N3O3/c1-14(2)13(19)16-6-7-17(14)12(18)9-4-5-10(15)11(8-9)20-3/h4-5,8H,6-7,15H2,1-3H3,(H,16,19). The van der Waals surface area contributed by atoms with Crippen molar-refractivity contribution in [3.05, 3.63) is 23.8 Å². The summed E-state index contributed by atoms with van der Waals surface area (Å²) in [5.74, 6) is 0.0952. The van der Waals surface area contributed by atoms with Crippen molar-refractivity contribution < 1.29 is 14.3 Å². The number of ether oxygens (including phenoxy) is 1. The molecule has 108 valence electrons. The van der Waals surface area contributed by atoms with Crippen molar-refractivity contribution >= 4 is 17.5 Å². The number of hydrogen-bond donors (Lipinski definition) is 2. The van der Waals surface area contributed by atoms with E-state index in [1.165, 1.54) is 7.11 Å². The van der Waals surface area contributed by atoms with Crippen LogP contribution < -0.4 is 15.8 Å². The van der Waals surface area contributed by atoms with Gasteiger partial charge in [-0.25, -0.2) is 0 Å². The number of amides is 2. The Bertz CT molecular complexity index is 555. The van der Waals surface area contributed by atoms with E-state index in [1.807, 2.05) is 0 Å². The van der Waals surface area contributed by atoms with Gasteiger partial charge in [-0.2, -0.15) is 0 Å². The first kappa shape index (κ1) is 14.2. The Balaban J connectivity index is 2.33. The van der Waals surface area contributed by atoms with Gasteiger partial charge >= 0.3 is 0 Å². The first-order valence-corrected chi connectivity index (χ1v) is 6.41. The van der Waals surface area contributed by atoms with Gasteiger partial charge in [-0.15, -0.1) is 0 Å². The third-order valence-electron chi connectivity index (χ3n) is 3.58. The van der Waals surface area contributed by atoms with E-state index in [9.17, 15) is 9.59 Å². The summed E-state index contributed by atoms with van der Waals surface area (Å²) >= 11 is 0. The van der Waals surface area contributed by atoms with Crippen LogP contribution in [0.15, 0.2) is 18.2 Å². The molecule has 0 aliphatic carbocycles. The molecule has 3 N–H and O–H groups in total. The molecule has 1 aromatic rings. The molecule has 1 aliphatic heterocycles. The quantitative estimate of drug-likeness (QED) is 0.776. The molecule has 1 saturated heterocycles. The number of nitrogen functional groups attached to an aromatic ring is 1. The number of carbonyl (C=O) groups is 2. The van der Waals surface area contributed by atoms with E-state index in [0.29, 0.717) is 30.1 Å². The maximum absolute atomic E-state index is 12.6. The average Bonchev–Trinajstić information content (AvgIpc) is 2.41. The van der Waals surface area contributed by atoms with E-state index in [0.717, 1.165) is 0 Å². The summed E-state index contributed by atoms with van der Waals surface area (Å²) in [5, 5.41) is 2.76. The normalized spacial score (nSPS) is 17.6. The number of nitrogens with two attached hydrogens (primary N) is 1. The predicted molar refractivity (Wildman–Crippen MR) is 75.5 cm³/mol. The van der Waals surface area contributed by atoms with Crippen LogP contribution in [0.25, 0.3) is 0 Å². The number of rotatable bonds is 2. The third kappa shape index (κ3) is 2.29. The highest BCUT2D eigenvalue weighted by molar-refractivity contribution is 6.00. The summed E-state index contributed by atoms with van der Waals surface area (Å²) in [6.45, 7) is 4.40. The first-order valence-electron chi connectivity index (χ1n) is 6.41. The summed E-state index contributed by atoms with van der Waals surface area (Å²) in [6.07, 6.45) is 0. The fourth-order valence-corrected chi connectivity index (χ4v) is 2.26. The highest BCUT2D eigenvalue weighted by Crippen LogP contribution is 2.26. The lowest BCUT2D eigenvalue weighted by Gasteiger charge is -2.41. The summed E-state index contributed by atoms with van der Waals surface area (Å²) in [4.78, 5) is 26.0. The molecule has 0 radical (unpaired) electrons. The van der Waals surface area contributed by atoms with Crippen molar-refractivity contribution in [2.45, 2.75) is 19.4 Å². The summed E-state index contributed by atoms with van der Waals surface area (Å²) in [5.41, 5.74) is 5.80. The van der Waals surface area contributed by atoms with Gasteiger partial charge in [0.15, 0.2) is 0 Å². The minimum Gasteiger partial charge on any atom is -0.495 e. The molecule has 1 heterocycles. The SMILES string of the molecule is COc1cc(C(=O)N2CCNC(=O)C2(C)C)ccc1N. The third-order valence-corrected chi connectivity index (χ3v) is 3.58. The van der Waals surface area contributed by atoms with Gasteiger partial charge in [0.25, 0.3) is 5.91 Å². The molecule has 1 aliphatic rings. The lowest BCUT2D eigenvalue weighted by atomic mass is 9.97. The second kappa shape index (κ2) is 5.03. The Labute approximate surface area is 117 Å². The molecule has 0 saturated carbocycles. The monoisotopic (exact) mass is 277 g/mol. The van der Waals surface area contributed by atoms with Crippen molar-refractivity contribution in [3.63, 3.8) is 0 Å². The molecule has 0 aromatic heterocycles. The highest BCUT2D eigenvalue weighted by Gasteiger charge is 2.40. The predicted octanol–water partition coefficient (Wildman–Crippen LogP) is 0.628. The molecule has 0 spiro atoms. The van der Waals surface area contributed by atoms with Gasteiger partial charge in [0, 0.05) is 18.7 Å². The number of anilines is 1. The molecule has 0 unspecified atom stereocenters. The second-order valence-electron chi connectivity index (χ2n) is 5.23. The molecule has 20 heavy (non-hydrogen) atoms. The highest BCUT2D eigenvalue weighted by atomic mass is 16.5. The lowest BCUT2D eigenvalue weighted by Crippen LogP contribution is -2.63. The van der Waals surface area contributed by atoms with E-state index < -0.39 is 5.54 Å². The minimum absolute atomic E-state index is 0.153. The molecule has 1 fully saturated rings. The van der Waals surface area contributed by atoms with Crippen LogP contribution >= 0.6 is 0 Å². The van der Waals surface area contributed by atoms with Crippen molar-refractivity contribution in [2.75, 3.05) is 25.9 Å². The summed E-state index contributed by atoms with van der Waals surface area (Å²) in [7, 11) is 1.50. The smallest absolute Gasteiger partial charge is 0.254 e. The van der Waals surface area contributed by atoms with E-state index in [-0.39, 0.29) is 11.8 Å². The first-order chi connectivity index (χ1) is 9.37. The van der Waals surface area contributed by atoms with Gasteiger partial charge in [0.1, 0.15) is 11.3 Å². The zero-order valence-electron chi connectivity index (χ0n) is 11.9. The number of piperazine rings is 1. The van der Waals surface area contributed by atoms with Gasteiger partial charge in [0.2, 0.25) is 5.91 Å². The summed E-state index contributed by atoms with van der Waals surface area (Å²) < 4.78 is 5.12. The minimum atomic E-state index is -0.871. The van der Waals surface area contributed by atoms with Gasteiger partial charge in [-0.3, -0.25) is 9.59 Å². The van der Waals surface area contributed by atoms with E-state index in [2.05, 4.69) is 5.32 Å². The molecule has 6 heteroatoms. The Hall–Kier alpha value is -2.24. The number of benzene rings is 1. The fraction of sp³-hybridized carbons (Fsp3) is 0.429. The Morgan fingerprint density at radius 1 is 1.45 bits per heavy atom. The van der Waals surface area contributed by atoms with Gasteiger partial charge in [0.05, 0.1) is 12.8 Å². The molecule has 0 atom stereocenters. The average molecular weight is 277 g/mol. The largest absolute Gasteiger partial charge is 0.495 e. The molecule has 2 amide bonds. The number of nitrogens with one attached hydrogen (secondary N) is 1. The van der Waals surface area contributed by atoms with Crippen LogP contribution in [-0.2, 0) is 4.79 Å². The van der Waals surface area contributed by atoms with E-state index in [1.54, 1.807) is 36.9 Å². The maximum atomic E-state index is 12.6. The Morgan fingerprint density at radius 2 is 2.15 bits per heavy atom. The van der Waals surface area contributed by atoms with Crippen LogP contribution in [0.4, 0.5) is 5.69 Å². The lowest BCUT2D eigenvalue weighted by molar-refractivity contribution is -0.133. The van der Waals surface area contributed by atoms with Crippen LogP contribution in [-0.4, -0.2) is 42.5 Å². The number of methoxy groups -OCH3 is 1. The topological polar surface area (TPSA) is 84.7 Å². The van der Waals surface area contributed by atoms with Crippen molar-refractivity contribution in [3.8, 4) is 5.75 Å². The molecule has 2 rings (SSSR count). The van der Waals surface area contributed by atoms with Crippen molar-refractivity contribution in [1.82, 2.24) is 10.2 Å². The second-order valence-corrected chi connectivity index (χ2v) is 5.23. The van der Waals surface area contributed by atoms with Crippen molar-refractivity contribution in [1.29, 1.82) is 0 Å². The van der Waals surface area contributed by atoms with Gasteiger partial charge in [-0.1, -0.05) is 0 Å². The van der Waals surface area contributed by atoms with Gasteiger partial charge < -0.3 is 20.7 Å². The molecular weight excluding hydrogens is 258 g/mol. The number of nitrogens with zero attached hydrogens (tertiary/aromatic N) is 1. The van der Waals surface area contributed by atoms with Crippen LogP contribution in [0.5, 0.6) is 5.75 Å². The zero-order valence-corrected chi connectivity index (χ0v) is 11.9. The van der Waals surface area contributed by atoms with Crippen LogP contribution in [0.3, 0.4) is 0 Å². The number of carbonyl (C=O) groups excluding carboxylic acids is 2. The van der Waals surface area contributed by atoms with Crippen LogP contribution in [0.2, 0.25) is 0 Å². The molecule has 0 bridgehead atoms. The molecule has 1 aromatic carbocycles. The maximum Gasteiger partial charge on any atom is 0.254 e. The molecule has 6 nitrogen and oxygen atoms in total. The van der Waals surface area contributed by atoms with Crippen LogP contribution in [0, 0.1) is 0 Å². The molecular formula is C14H19N3O3. The Morgan fingerprint density at radius 3 is 2.80 bits per heavy atom.